The van der Waals surface area contributed by atoms with Crippen LogP contribution in [0.1, 0.15) is 22.3 Å². The lowest BCUT2D eigenvalue weighted by atomic mass is 10.0. The molecule has 1 heterocycles. The van der Waals surface area contributed by atoms with Gasteiger partial charge in [0.2, 0.25) is 0 Å². The van der Waals surface area contributed by atoms with Crippen LogP contribution in [0.5, 0.6) is 0 Å². The normalized spacial score (nSPS) is 12.8. The number of nitrogens with one attached hydrogen (secondary N) is 1. The van der Waals surface area contributed by atoms with Gasteiger partial charge >= 0.3 is 5.97 Å². The molecular formula is C20H21N3O6. The molecule has 9 nitrogen and oxygen atoms in total. The molecule has 152 valence electrons. The van der Waals surface area contributed by atoms with E-state index in [4.69, 9.17) is 9.84 Å². The number of hydrogen-bond donors (Lipinski definition) is 2. The molecule has 0 saturated heterocycles. The zero-order valence-corrected chi connectivity index (χ0v) is 15.7. The fourth-order valence-electron chi connectivity index (χ4n) is 3.24. The predicted octanol–water partition coefficient (Wildman–Crippen LogP) is 2.14. The predicted molar refractivity (Wildman–Crippen MR) is 106 cm³/mol. The molecule has 2 N–H and O–H groups in total. The van der Waals surface area contributed by atoms with Crippen LogP contribution >= 0.6 is 0 Å². The number of hydrogen-bond acceptors (Lipinski definition) is 7. The van der Waals surface area contributed by atoms with Gasteiger partial charge in [0.05, 0.1) is 17.1 Å². The van der Waals surface area contributed by atoms with Gasteiger partial charge < -0.3 is 20.1 Å². The number of nitro groups is 1. The molecule has 0 spiro atoms. The van der Waals surface area contributed by atoms with Crippen molar-refractivity contribution in [2.45, 2.75) is 12.8 Å². The van der Waals surface area contributed by atoms with Crippen LogP contribution in [0.2, 0.25) is 0 Å². The molecule has 0 fully saturated rings. The SMILES string of the molecule is O=C(OCC(=O)N1CCCc2ccccc21)c1cc([N+](=O)[O-])ccc1NCCO. The van der Waals surface area contributed by atoms with Crippen LogP contribution in [0.15, 0.2) is 42.5 Å². The molecule has 2 aromatic carbocycles. The van der Waals surface area contributed by atoms with Crippen molar-refractivity contribution in [3.63, 3.8) is 0 Å². The second-order valence-corrected chi connectivity index (χ2v) is 6.49. The number of nitro benzene ring substituents is 1. The first kappa shape index (κ1) is 20.3. The van der Waals surface area contributed by atoms with Gasteiger partial charge in [-0.3, -0.25) is 14.9 Å². The number of non-ortho nitro benzene ring substituents is 1. The summed E-state index contributed by atoms with van der Waals surface area (Å²) in [4.78, 5) is 37.1. The van der Waals surface area contributed by atoms with E-state index in [-0.39, 0.29) is 36.0 Å². The molecule has 0 aliphatic carbocycles. The summed E-state index contributed by atoms with van der Waals surface area (Å²) in [6.45, 7) is 0.0305. The molecule has 0 bridgehead atoms. The fourth-order valence-corrected chi connectivity index (χ4v) is 3.24. The van der Waals surface area contributed by atoms with Gasteiger partial charge in [-0.2, -0.15) is 0 Å². The molecule has 1 amide bonds. The molecule has 29 heavy (non-hydrogen) atoms. The maximum atomic E-state index is 12.6. The van der Waals surface area contributed by atoms with Crippen molar-refractivity contribution in [1.82, 2.24) is 0 Å². The fraction of sp³-hybridized carbons (Fsp3) is 0.300. The van der Waals surface area contributed by atoms with Crippen molar-refractivity contribution in [3.8, 4) is 0 Å². The van der Waals surface area contributed by atoms with Gasteiger partial charge in [-0.15, -0.1) is 0 Å². The van der Waals surface area contributed by atoms with Gasteiger partial charge in [0.1, 0.15) is 0 Å². The first-order chi connectivity index (χ1) is 14.0. The lowest BCUT2D eigenvalue weighted by molar-refractivity contribution is -0.384. The maximum absolute atomic E-state index is 12.6. The van der Waals surface area contributed by atoms with Crippen molar-refractivity contribution in [1.29, 1.82) is 0 Å². The van der Waals surface area contributed by atoms with Crippen molar-refractivity contribution < 1.29 is 24.4 Å². The van der Waals surface area contributed by atoms with Gasteiger partial charge in [0.25, 0.3) is 11.6 Å². The largest absolute Gasteiger partial charge is 0.452 e. The minimum Gasteiger partial charge on any atom is -0.452 e. The molecule has 3 rings (SSSR count). The van der Waals surface area contributed by atoms with E-state index in [2.05, 4.69) is 5.32 Å². The highest BCUT2D eigenvalue weighted by atomic mass is 16.6. The third-order valence-corrected chi connectivity index (χ3v) is 4.60. The van der Waals surface area contributed by atoms with Gasteiger partial charge in [0.15, 0.2) is 6.61 Å². The van der Waals surface area contributed by atoms with E-state index < -0.39 is 17.5 Å². The van der Waals surface area contributed by atoms with Gasteiger partial charge in [-0.1, -0.05) is 18.2 Å². The molecule has 0 unspecified atom stereocenters. The second kappa shape index (κ2) is 9.16. The number of rotatable bonds is 7. The summed E-state index contributed by atoms with van der Waals surface area (Å²) in [5, 5.41) is 22.8. The Bertz CT molecular complexity index is 930. The molecule has 0 atom stereocenters. The number of aliphatic hydroxyl groups excluding tert-OH is 1. The highest BCUT2D eigenvalue weighted by Crippen LogP contribution is 2.27. The van der Waals surface area contributed by atoms with E-state index in [9.17, 15) is 19.7 Å². The molecule has 0 aromatic heterocycles. The standard InChI is InChI=1S/C20H21N3O6/c24-11-9-21-17-8-7-15(23(27)28)12-16(17)20(26)29-13-19(25)22-10-3-5-14-4-1-2-6-18(14)22/h1-2,4,6-8,12,21,24H,3,5,9-11,13H2. The number of esters is 1. The van der Waals surface area contributed by atoms with Crippen LogP contribution in [0.3, 0.4) is 0 Å². The van der Waals surface area contributed by atoms with E-state index >= 15 is 0 Å². The van der Waals surface area contributed by atoms with Crippen molar-refractivity contribution >= 4 is 28.9 Å². The first-order valence-electron chi connectivity index (χ1n) is 9.20. The van der Waals surface area contributed by atoms with Crippen molar-refractivity contribution in [2.75, 3.05) is 36.5 Å². The lowest BCUT2D eigenvalue weighted by Crippen LogP contribution is -2.38. The number of fused-ring (bicyclic) bond motifs is 1. The first-order valence-corrected chi connectivity index (χ1v) is 9.20. The molecule has 2 aromatic rings. The number of carbonyl (C=O) groups is 2. The third-order valence-electron chi connectivity index (χ3n) is 4.60. The number of ether oxygens (including phenoxy) is 1. The smallest absolute Gasteiger partial charge is 0.341 e. The Labute approximate surface area is 167 Å². The topological polar surface area (TPSA) is 122 Å². The zero-order chi connectivity index (χ0) is 20.8. The van der Waals surface area contributed by atoms with Crippen LogP contribution < -0.4 is 10.2 Å². The van der Waals surface area contributed by atoms with Gasteiger partial charge in [-0.05, 0) is 30.5 Å². The Morgan fingerprint density at radius 1 is 1.24 bits per heavy atom. The number of anilines is 2. The number of amides is 1. The average Bonchev–Trinajstić information content (AvgIpc) is 2.75. The summed E-state index contributed by atoms with van der Waals surface area (Å²) in [6, 6.07) is 11.3. The lowest BCUT2D eigenvalue weighted by Gasteiger charge is -2.29. The Kier molecular flexibility index (Phi) is 6.40. The van der Waals surface area contributed by atoms with E-state index in [0.717, 1.165) is 30.2 Å². The van der Waals surface area contributed by atoms with E-state index in [1.807, 2.05) is 24.3 Å². The van der Waals surface area contributed by atoms with Crippen LogP contribution in [0, 0.1) is 10.1 Å². The summed E-state index contributed by atoms with van der Waals surface area (Å²) >= 11 is 0. The van der Waals surface area contributed by atoms with Crippen LogP contribution in [-0.2, 0) is 16.0 Å². The second-order valence-electron chi connectivity index (χ2n) is 6.49. The monoisotopic (exact) mass is 399 g/mol. The number of benzene rings is 2. The molecule has 1 aliphatic heterocycles. The number of aryl methyl sites for hydroxylation is 1. The van der Waals surface area contributed by atoms with E-state index in [1.54, 1.807) is 4.90 Å². The van der Waals surface area contributed by atoms with Crippen molar-refractivity contribution in [2.24, 2.45) is 0 Å². The number of carbonyl (C=O) groups excluding carboxylic acids is 2. The van der Waals surface area contributed by atoms with Gasteiger partial charge in [-0.25, -0.2) is 4.79 Å². The summed E-state index contributed by atoms with van der Waals surface area (Å²) in [6.07, 6.45) is 1.70. The number of aliphatic hydroxyl groups is 1. The summed E-state index contributed by atoms with van der Waals surface area (Å²) in [7, 11) is 0. The Morgan fingerprint density at radius 3 is 2.79 bits per heavy atom. The van der Waals surface area contributed by atoms with Crippen molar-refractivity contribution in [3.05, 3.63) is 63.7 Å². The zero-order valence-electron chi connectivity index (χ0n) is 15.7. The average molecular weight is 399 g/mol. The minimum atomic E-state index is -0.854. The van der Waals surface area contributed by atoms with E-state index in [1.165, 1.54) is 12.1 Å². The summed E-state index contributed by atoms with van der Waals surface area (Å²) in [5.41, 5.74) is 1.81. The Morgan fingerprint density at radius 2 is 2.03 bits per heavy atom. The minimum absolute atomic E-state index is 0.0699. The molecule has 9 heteroatoms. The number of para-hydroxylation sites is 1. The molecule has 1 aliphatic rings. The summed E-state index contributed by atoms with van der Waals surface area (Å²) in [5.74, 6) is -1.21. The highest BCUT2D eigenvalue weighted by Gasteiger charge is 2.24. The Balaban J connectivity index is 1.73. The highest BCUT2D eigenvalue weighted by molar-refractivity contribution is 6.00. The van der Waals surface area contributed by atoms with E-state index in [0.29, 0.717) is 6.54 Å². The summed E-state index contributed by atoms with van der Waals surface area (Å²) < 4.78 is 5.16. The molecule has 0 saturated carbocycles. The third kappa shape index (κ3) is 4.69. The quantitative estimate of drug-likeness (QED) is 0.415. The van der Waals surface area contributed by atoms with Crippen LogP contribution in [0.4, 0.5) is 17.1 Å². The maximum Gasteiger partial charge on any atom is 0.341 e. The molecular weight excluding hydrogens is 378 g/mol. The Hall–Kier alpha value is -3.46. The van der Waals surface area contributed by atoms with Crippen LogP contribution in [0.25, 0.3) is 0 Å². The van der Waals surface area contributed by atoms with Gasteiger partial charge in [0, 0.05) is 36.6 Å². The van der Waals surface area contributed by atoms with Crippen LogP contribution in [-0.4, -0.2) is 48.2 Å². The number of nitrogens with zero attached hydrogens (tertiary/aromatic N) is 2. The molecule has 0 radical (unpaired) electrons.